The lowest BCUT2D eigenvalue weighted by molar-refractivity contribution is 0.0526. The van der Waals surface area contributed by atoms with Crippen molar-refractivity contribution in [1.82, 2.24) is 4.98 Å². The van der Waals surface area contributed by atoms with Gasteiger partial charge in [0.1, 0.15) is 5.69 Å². The first-order chi connectivity index (χ1) is 10.5. The summed E-state index contributed by atoms with van der Waals surface area (Å²) in [5.41, 5.74) is 1.69. The maximum Gasteiger partial charge on any atom is 0.338 e. The van der Waals surface area contributed by atoms with E-state index in [1.807, 2.05) is 0 Å². The molecule has 1 heterocycles. The van der Waals surface area contributed by atoms with E-state index in [9.17, 15) is 14.4 Å². The zero-order chi connectivity index (χ0) is 16.1. The van der Waals surface area contributed by atoms with Crippen LogP contribution >= 0.6 is 0 Å². The number of benzene rings is 1. The molecule has 6 nitrogen and oxygen atoms in total. The number of nitrogens with one attached hydrogen (secondary N) is 2. The van der Waals surface area contributed by atoms with Crippen LogP contribution in [0, 0.1) is 0 Å². The molecule has 1 aromatic heterocycles. The summed E-state index contributed by atoms with van der Waals surface area (Å²) >= 11 is 0. The highest BCUT2D eigenvalue weighted by atomic mass is 16.5. The first kappa shape index (κ1) is 15.5. The number of rotatable bonds is 5. The molecule has 0 bridgehead atoms. The Balaban J connectivity index is 2.05. The zero-order valence-corrected chi connectivity index (χ0v) is 12.3. The van der Waals surface area contributed by atoms with Crippen molar-refractivity contribution >= 4 is 23.3 Å². The van der Waals surface area contributed by atoms with Gasteiger partial charge in [0, 0.05) is 17.4 Å². The van der Waals surface area contributed by atoms with Gasteiger partial charge in [-0.1, -0.05) is 0 Å². The van der Waals surface area contributed by atoms with Gasteiger partial charge in [-0.3, -0.25) is 9.59 Å². The zero-order valence-electron chi connectivity index (χ0n) is 12.3. The number of hydrogen-bond donors (Lipinski definition) is 2. The Morgan fingerprint density at radius 1 is 1.14 bits per heavy atom. The average molecular weight is 300 g/mol. The van der Waals surface area contributed by atoms with Crippen molar-refractivity contribution in [2.75, 3.05) is 11.9 Å². The molecule has 2 aromatic rings. The number of carbonyl (C=O) groups excluding carboxylic acids is 3. The Morgan fingerprint density at radius 2 is 1.82 bits per heavy atom. The van der Waals surface area contributed by atoms with E-state index in [-0.39, 0.29) is 11.7 Å². The molecule has 0 spiro atoms. The molecule has 0 atom stereocenters. The second kappa shape index (κ2) is 6.71. The smallest absolute Gasteiger partial charge is 0.338 e. The number of H-pyrrole nitrogens is 1. The second-order valence-corrected chi connectivity index (χ2v) is 4.61. The molecular formula is C16H16N2O4. The predicted molar refractivity (Wildman–Crippen MR) is 81.1 cm³/mol. The maximum atomic E-state index is 12.0. The van der Waals surface area contributed by atoms with Crippen LogP contribution in [0.15, 0.2) is 36.5 Å². The molecule has 1 amide bonds. The van der Waals surface area contributed by atoms with Crippen LogP contribution in [-0.4, -0.2) is 29.3 Å². The van der Waals surface area contributed by atoms with Gasteiger partial charge in [-0.15, -0.1) is 0 Å². The number of amides is 1. The van der Waals surface area contributed by atoms with E-state index in [1.54, 1.807) is 31.2 Å². The van der Waals surface area contributed by atoms with Crippen LogP contribution in [0.3, 0.4) is 0 Å². The molecule has 0 unspecified atom stereocenters. The number of aromatic amines is 1. The lowest BCUT2D eigenvalue weighted by Crippen LogP contribution is -2.12. The lowest BCUT2D eigenvalue weighted by Gasteiger charge is -2.05. The third-order valence-electron chi connectivity index (χ3n) is 2.99. The highest BCUT2D eigenvalue weighted by Gasteiger charge is 2.11. The minimum atomic E-state index is -0.407. The van der Waals surface area contributed by atoms with E-state index in [0.717, 1.165) is 0 Å². The van der Waals surface area contributed by atoms with Crippen molar-refractivity contribution < 1.29 is 19.1 Å². The minimum Gasteiger partial charge on any atom is -0.462 e. The van der Waals surface area contributed by atoms with E-state index >= 15 is 0 Å². The number of ether oxygens (including phenoxy) is 1. The Bertz CT molecular complexity index is 701. The van der Waals surface area contributed by atoms with Crippen molar-refractivity contribution in [3.05, 3.63) is 53.3 Å². The van der Waals surface area contributed by atoms with Crippen molar-refractivity contribution in [3.63, 3.8) is 0 Å². The van der Waals surface area contributed by atoms with E-state index in [1.165, 1.54) is 19.2 Å². The fraction of sp³-hybridized carbons (Fsp3) is 0.188. The number of hydrogen-bond acceptors (Lipinski definition) is 4. The van der Waals surface area contributed by atoms with Gasteiger partial charge in [0.25, 0.3) is 5.91 Å². The molecule has 0 aliphatic heterocycles. The van der Waals surface area contributed by atoms with Crippen LogP contribution in [0.2, 0.25) is 0 Å². The summed E-state index contributed by atoms with van der Waals surface area (Å²) in [4.78, 5) is 37.5. The maximum absolute atomic E-state index is 12.0. The molecule has 2 N–H and O–H groups in total. The summed E-state index contributed by atoms with van der Waals surface area (Å²) in [6, 6.07) is 7.86. The molecule has 22 heavy (non-hydrogen) atoms. The third kappa shape index (κ3) is 3.60. The number of aromatic nitrogens is 1. The van der Waals surface area contributed by atoms with Gasteiger partial charge in [0.15, 0.2) is 5.78 Å². The van der Waals surface area contributed by atoms with E-state index in [2.05, 4.69) is 10.3 Å². The first-order valence-corrected chi connectivity index (χ1v) is 6.79. The number of Topliss-reactive ketones (excluding diaryl/α,β-unsaturated/α-hetero) is 1. The van der Waals surface area contributed by atoms with Crippen molar-refractivity contribution in [1.29, 1.82) is 0 Å². The first-order valence-electron chi connectivity index (χ1n) is 6.79. The van der Waals surface area contributed by atoms with Crippen molar-refractivity contribution in [2.45, 2.75) is 13.8 Å². The molecule has 0 fully saturated rings. The summed E-state index contributed by atoms with van der Waals surface area (Å²) in [6.07, 6.45) is 1.49. The third-order valence-corrected chi connectivity index (χ3v) is 2.99. The van der Waals surface area contributed by atoms with Gasteiger partial charge >= 0.3 is 5.97 Å². The SMILES string of the molecule is CCOC(=O)c1ccc(NC(=O)c2cc(C(C)=O)c[nH]2)cc1. The van der Waals surface area contributed by atoms with E-state index in [4.69, 9.17) is 4.74 Å². The van der Waals surface area contributed by atoms with Crippen molar-refractivity contribution in [3.8, 4) is 0 Å². The topological polar surface area (TPSA) is 88.3 Å². The molecule has 6 heteroatoms. The van der Waals surface area contributed by atoms with Crippen LogP contribution < -0.4 is 5.32 Å². The number of esters is 1. The molecule has 0 saturated carbocycles. The van der Waals surface area contributed by atoms with Crippen molar-refractivity contribution in [2.24, 2.45) is 0 Å². The minimum absolute atomic E-state index is 0.117. The van der Waals surface area contributed by atoms with Crippen LogP contribution in [0.5, 0.6) is 0 Å². The van der Waals surface area contributed by atoms with Gasteiger partial charge in [-0.2, -0.15) is 0 Å². The van der Waals surface area contributed by atoms with Gasteiger partial charge in [-0.05, 0) is 44.2 Å². The molecule has 0 aliphatic rings. The van der Waals surface area contributed by atoms with Crippen LogP contribution in [0.4, 0.5) is 5.69 Å². The molecule has 0 saturated heterocycles. The monoisotopic (exact) mass is 300 g/mol. The standard InChI is InChI=1S/C16H16N2O4/c1-3-22-16(21)11-4-6-13(7-5-11)18-15(20)14-8-12(9-17-14)10(2)19/h4-9,17H,3H2,1-2H3,(H,18,20). The van der Waals surface area contributed by atoms with E-state index < -0.39 is 5.97 Å². The van der Waals surface area contributed by atoms with Gasteiger partial charge in [0.2, 0.25) is 0 Å². The molecule has 1 aromatic carbocycles. The fourth-order valence-electron chi connectivity index (χ4n) is 1.83. The van der Waals surface area contributed by atoms with E-state index in [0.29, 0.717) is 29.1 Å². The van der Waals surface area contributed by atoms with Crippen LogP contribution in [-0.2, 0) is 4.74 Å². The lowest BCUT2D eigenvalue weighted by atomic mass is 10.2. The van der Waals surface area contributed by atoms with Gasteiger partial charge < -0.3 is 15.0 Å². The Labute approximate surface area is 127 Å². The Kier molecular flexibility index (Phi) is 4.73. The summed E-state index contributed by atoms with van der Waals surface area (Å²) in [6.45, 7) is 3.47. The van der Waals surface area contributed by atoms with Crippen LogP contribution in [0.1, 0.15) is 45.1 Å². The molecule has 0 aliphatic carbocycles. The number of ketones is 1. The average Bonchev–Trinajstić information content (AvgIpc) is 2.98. The molecular weight excluding hydrogens is 284 g/mol. The fourth-order valence-corrected chi connectivity index (χ4v) is 1.83. The highest BCUT2D eigenvalue weighted by Crippen LogP contribution is 2.13. The summed E-state index contributed by atoms with van der Waals surface area (Å²) in [5, 5.41) is 2.68. The predicted octanol–water partition coefficient (Wildman–Crippen LogP) is 2.65. The summed E-state index contributed by atoms with van der Waals surface area (Å²) in [5.74, 6) is -0.888. The number of anilines is 1. The molecule has 0 radical (unpaired) electrons. The molecule has 114 valence electrons. The normalized spacial score (nSPS) is 10.1. The second-order valence-electron chi connectivity index (χ2n) is 4.61. The number of carbonyl (C=O) groups is 3. The summed E-state index contributed by atoms with van der Waals surface area (Å²) < 4.78 is 4.88. The van der Waals surface area contributed by atoms with Gasteiger partial charge in [0.05, 0.1) is 12.2 Å². The Morgan fingerprint density at radius 3 is 2.36 bits per heavy atom. The molecule has 2 rings (SSSR count). The Hall–Kier alpha value is -2.89. The van der Waals surface area contributed by atoms with Gasteiger partial charge in [-0.25, -0.2) is 4.79 Å². The quantitative estimate of drug-likeness (QED) is 0.656. The summed E-state index contributed by atoms with van der Waals surface area (Å²) in [7, 11) is 0. The van der Waals surface area contributed by atoms with Crippen LogP contribution in [0.25, 0.3) is 0 Å². The highest BCUT2D eigenvalue weighted by molar-refractivity contribution is 6.05. The largest absolute Gasteiger partial charge is 0.462 e.